The Hall–Kier alpha value is -1.64. The van der Waals surface area contributed by atoms with Crippen LogP contribution in [0.25, 0.3) is 16.9 Å². The van der Waals surface area contributed by atoms with Crippen LogP contribution in [0.3, 0.4) is 0 Å². The van der Waals surface area contributed by atoms with Gasteiger partial charge in [-0.25, -0.2) is 5.57 Å². The van der Waals surface area contributed by atoms with Crippen LogP contribution in [0.1, 0.15) is 87.0 Å². The van der Waals surface area contributed by atoms with Crippen molar-refractivity contribution in [2.45, 2.75) is 92.5 Å². The third-order valence-electron chi connectivity index (χ3n) is 9.82. The largest absolute Gasteiger partial charge is 3.00 e. The number of benzene rings is 3. The van der Waals surface area contributed by atoms with Crippen LogP contribution in [0.2, 0.25) is 0 Å². The van der Waals surface area contributed by atoms with Crippen molar-refractivity contribution >= 4 is 20.9 Å². The Morgan fingerprint density at radius 2 is 0.977 bits per heavy atom. The van der Waals surface area contributed by atoms with Gasteiger partial charge in [0.1, 0.15) is 0 Å². The maximum absolute atomic E-state index is 8.59. The second kappa shape index (κ2) is 15.8. The molecule has 44 heavy (non-hydrogen) atoms. The number of nitrogens with one attached hydrogen (secondary N) is 1. The van der Waals surface area contributed by atoms with E-state index in [0.717, 1.165) is 0 Å². The molecule has 1 atom stereocenters. The van der Waals surface area contributed by atoms with Crippen LogP contribution in [0, 0.1) is 35.7 Å². The van der Waals surface area contributed by atoms with Crippen molar-refractivity contribution in [2.24, 2.45) is 22.2 Å². The predicted octanol–water partition coefficient (Wildman–Crippen LogP) is 10.6. The first-order valence-electron chi connectivity index (χ1n) is 15.7. The van der Waals surface area contributed by atoms with E-state index in [1.165, 1.54) is 87.3 Å². The van der Waals surface area contributed by atoms with Crippen LogP contribution >= 0.6 is 0 Å². The molecule has 8 rings (SSSR count). The van der Waals surface area contributed by atoms with Crippen LogP contribution < -0.4 is 4.40 Å². The fraction of sp³-hybridized carbons (Fsp3) is 0.439. The summed E-state index contributed by atoms with van der Waals surface area (Å²) in [4.78, 5) is 0. The normalized spacial score (nSPS) is 30.6. The Balaban J connectivity index is 0.000000208. The minimum atomic E-state index is -0.0625. The van der Waals surface area contributed by atoms with Gasteiger partial charge >= 0.3 is 73.0 Å². The number of hydrogen-bond donors (Lipinski definition) is 0. The van der Waals surface area contributed by atoms with E-state index in [2.05, 4.69) is 127 Å². The molecular weight excluding hydrogens is 627 g/mol. The third-order valence-corrected chi connectivity index (χ3v) is 10.8. The summed E-state index contributed by atoms with van der Waals surface area (Å²) in [5, 5.41) is 0. The molecule has 0 amide bonds. The summed E-state index contributed by atoms with van der Waals surface area (Å²) in [6.45, 7) is 16.0. The first kappa shape index (κ1) is 38.5. The Kier molecular flexibility index (Phi) is 13.8. The van der Waals surface area contributed by atoms with Gasteiger partial charge < -0.3 is 13.2 Å². The molecular formula is C41H55GeNTi. The summed E-state index contributed by atoms with van der Waals surface area (Å²) in [6.07, 6.45) is 11.0. The molecule has 5 aliphatic rings. The van der Waals surface area contributed by atoms with Crippen molar-refractivity contribution in [3.8, 4) is 11.1 Å². The molecule has 232 valence electrons. The van der Waals surface area contributed by atoms with Crippen LogP contribution in [0.15, 0.2) is 108 Å². The zero-order valence-corrected chi connectivity index (χ0v) is 33.2. The SMILES string of the molecule is CC12CC3(C)CC(C)(C1)CC([NH-])(C2)C3.CC1=[C-]C(C)C(C)=C1C.[CH3-].[GeH2][c]1ccccc1.[Ti+3].c1ccc(-c2ccccc2)cc1. The average Bonchev–Trinajstić information content (AvgIpc) is 3.13. The van der Waals surface area contributed by atoms with Gasteiger partial charge in [-0.15, -0.1) is 12.5 Å². The van der Waals surface area contributed by atoms with E-state index in [1.807, 2.05) is 18.2 Å². The molecule has 0 aromatic heterocycles. The van der Waals surface area contributed by atoms with Crippen LogP contribution in [-0.4, -0.2) is 22.1 Å². The van der Waals surface area contributed by atoms with Gasteiger partial charge in [0.15, 0.2) is 0 Å². The van der Waals surface area contributed by atoms with Crippen LogP contribution in [0.5, 0.6) is 0 Å². The molecule has 3 aromatic rings. The topological polar surface area (TPSA) is 23.8 Å². The molecule has 1 unspecified atom stereocenters. The predicted molar refractivity (Wildman–Crippen MR) is 192 cm³/mol. The quantitative estimate of drug-likeness (QED) is 0.180. The summed E-state index contributed by atoms with van der Waals surface area (Å²) in [6, 6.07) is 31.2. The molecule has 3 heteroatoms. The van der Waals surface area contributed by atoms with Gasteiger partial charge in [-0.05, 0) is 46.6 Å². The summed E-state index contributed by atoms with van der Waals surface area (Å²) in [5.74, 6) is 0.560. The molecule has 0 aliphatic heterocycles. The van der Waals surface area contributed by atoms with Gasteiger partial charge in [0.25, 0.3) is 0 Å². The fourth-order valence-corrected chi connectivity index (χ4v) is 9.76. The van der Waals surface area contributed by atoms with E-state index >= 15 is 0 Å². The summed E-state index contributed by atoms with van der Waals surface area (Å²) in [7, 11) is 0. The maximum Gasteiger partial charge on any atom is 3.00 e. The minimum Gasteiger partial charge on any atom is -0.0622 e. The van der Waals surface area contributed by atoms with E-state index in [-0.39, 0.29) is 34.7 Å². The minimum absolute atomic E-state index is 0. The first-order valence-corrected chi connectivity index (χ1v) is 17.2. The van der Waals surface area contributed by atoms with E-state index in [1.54, 1.807) is 0 Å². The van der Waals surface area contributed by atoms with E-state index in [0.29, 0.717) is 22.2 Å². The molecule has 4 fully saturated rings. The molecule has 0 spiro atoms. The van der Waals surface area contributed by atoms with E-state index in [4.69, 9.17) is 5.73 Å². The zero-order valence-electron chi connectivity index (χ0n) is 28.7. The van der Waals surface area contributed by atoms with Crippen molar-refractivity contribution in [2.75, 3.05) is 0 Å². The summed E-state index contributed by atoms with van der Waals surface area (Å²) < 4.78 is 1.45. The first-order chi connectivity index (χ1) is 19.7. The molecule has 5 aliphatic carbocycles. The molecule has 4 saturated carbocycles. The van der Waals surface area contributed by atoms with Gasteiger partial charge in [-0.1, -0.05) is 127 Å². The number of allylic oxidation sites excluding steroid dienone is 4. The van der Waals surface area contributed by atoms with E-state index < -0.39 is 0 Å². The Morgan fingerprint density at radius 1 is 0.636 bits per heavy atom. The van der Waals surface area contributed by atoms with Gasteiger partial charge in [-0.2, -0.15) is 11.1 Å². The molecule has 1 N–H and O–H groups in total. The Bertz CT molecular complexity index is 1240. The van der Waals surface area contributed by atoms with Crippen molar-refractivity contribution in [1.82, 2.24) is 0 Å². The van der Waals surface area contributed by atoms with Gasteiger partial charge in [0.2, 0.25) is 0 Å². The average molecular weight is 682 g/mol. The van der Waals surface area contributed by atoms with Crippen LogP contribution in [-0.2, 0) is 21.7 Å². The third kappa shape index (κ3) is 10.2. The second-order valence-electron chi connectivity index (χ2n) is 14.8. The fourth-order valence-electron chi connectivity index (χ4n) is 9.19. The number of hydrogen-bond acceptors (Lipinski definition) is 0. The standard InChI is InChI=1S/C13H22N.C12H10.C9H13.C6H7Ge.CH3.Ti/c1-10-4-11(2)6-12(3,5-10)9-13(14,7-10)8-11;1-3-7-11(8-4-1)12-9-5-2-6-10-12;1-6-5-7(2)9(4)8(6)3;7-6-4-2-1-3-5-6;;/h14H,4-9H2,1-3H3;1-10H;6H,1-4H3;1-5H,7H2;1H3;/q-1;;-1;;-1;+3. The zero-order chi connectivity index (χ0) is 30.6. The molecule has 1 nitrogen and oxygen atoms in total. The molecule has 2 radical (unpaired) electrons. The van der Waals surface area contributed by atoms with Crippen molar-refractivity contribution in [3.63, 3.8) is 0 Å². The smallest absolute Gasteiger partial charge is 0.0622 e. The molecule has 3 aromatic carbocycles. The second-order valence-corrected chi connectivity index (χ2v) is 16.5. The Morgan fingerprint density at radius 3 is 1.18 bits per heavy atom. The van der Waals surface area contributed by atoms with Gasteiger partial charge in [0.05, 0.1) is 0 Å². The van der Waals surface area contributed by atoms with E-state index in [9.17, 15) is 0 Å². The summed E-state index contributed by atoms with van der Waals surface area (Å²) >= 11 is 1.26. The maximum atomic E-state index is 8.59. The van der Waals surface area contributed by atoms with Crippen LogP contribution in [0.4, 0.5) is 0 Å². The van der Waals surface area contributed by atoms with Crippen molar-refractivity contribution < 1.29 is 21.7 Å². The molecule has 0 saturated heterocycles. The molecule has 4 bridgehead atoms. The Labute approximate surface area is 293 Å². The monoisotopic (exact) mass is 683 g/mol. The van der Waals surface area contributed by atoms with Gasteiger partial charge in [0, 0.05) is 0 Å². The van der Waals surface area contributed by atoms with Crippen molar-refractivity contribution in [3.05, 3.63) is 127 Å². The molecule has 0 heterocycles. The van der Waals surface area contributed by atoms with Gasteiger partial charge in [-0.3, -0.25) is 6.08 Å². The van der Waals surface area contributed by atoms with Crippen molar-refractivity contribution in [1.29, 1.82) is 0 Å². The number of rotatable bonds is 1. The summed E-state index contributed by atoms with van der Waals surface area (Å²) in [5.41, 5.74) is 16.8.